The summed E-state index contributed by atoms with van der Waals surface area (Å²) in [4.78, 5) is 11.3. The number of amides is 1. The highest BCUT2D eigenvalue weighted by Gasteiger charge is 1.99. The summed E-state index contributed by atoms with van der Waals surface area (Å²) in [6.45, 7) is 3.00. The Morgan fingerprint density at radius 3 is 3.06 bits per heavy atom. The van der Waals surface area contributed by atoms with Gasteiger partial charge in [0, 0.05) is 26.4 Å². The fraction of sp³-hybridized carbons (Fsp3) is 0.700. The first-order chi connectivity index (χ1) is 8.33. The normalized spacial score (nSPS) is 10.4. The monoisotopic (exact) mass is 241 g/mol. The van der Waals surface area contributed by atoms with Gasteiger partial charge in [-0.2, -0.15) is 0 Å². The summed E-state index contributed by atoms with van der Waals surface area (Å²) in [7, 11) is 1.61. The molecule has 0 spiro atoms. The molecule has 0 unspecified atom stereocenters. The van der Waals surface area contributed by atoms with E-state index >= 15 is 0 Å². The van der Waals surface area contributed by atoms with E-state index in [1.54, 1.807) is 18.0 Å². The first-order valence-corrected chi connectivity index (χ1v) is 5.63. The molecule has 0 aliphatic carbocycles. The van der Waals surface area contributed by atoms with Crippen molar-refractivity contribution in [3.05, 3.63) is 12.4 Å². The fourth-order valence-corrected chi connectivity index (χ4v) is 1.27. The van der Waals surface area contributed by atoms with Gasteiger partial charge in [0.1, 0.15) is 0 Å². The summed E-state index contributed by atoms with van der Waals surface area (Å²) in [6, 6.07) is 0. The second-order valence-corrected chi connectivity index (χ2v) is 3.54. The number of carbonyl (C=O) groups is 1. The lowest BCUT2D eigenvalue weighted by Gasteiger charge is -2.06. The number of rotatable bonds is 9. The molecule has 7 nitrogen and oxygen atoms in total. The molecule has 1 aromatic rings. The van der Waals surface area contributed by atoms with Crippen LogP contribution in [-0.4, -0.2) is 54.3 Å². The van der Waals surface area contributed by atoms with E-state index in [2.05, 4.69) is 20.9 Å². The second kappa shape index (κ2) is 8.66. The summed E-state index contributed by atoms with van der Waals surface area (Å²) in [6.07, 6.45) is 4.38. The summed E-state index contributed by atoms with van der Waals surface area (Å²) in [5.74, 6) is -0.0113. The lowest BCUT2D eigenvalue weighted by atomic mass is 10.4. The minimum atomic E-state index is -0.0113. The van der Waals surface area contributed by atoms with Crippen LogP contribution < -0.4 is 10.6 Å². The Kier molecular flexibility index (Phi) is 6.92. The van der Waals surface area contributed by atoms with Crippen molar-refractivity contribution >= 4 is 5.91 Å². The van der Waals surface area contributed by atoms with Gasteiger partial charge >= 0.3 is 0 Å². The van der Waals surface area contributed by atoms with E-state index in [0.29, 0.717) is 19.7 Å². The summed E-state index contributed by atoms with van der Waals surface area (Å²) in [5.41, 5.74) is 0. The van der Waals surface area contributed by atoms with Gasteiger partial charge in [0.15, 0.2) is 0 Å². The summed E-state index contributed by atoms with van der Waals surface area (Å²) >= 11 is 0. The molecule has 96 valence electrons. The highest BCUT2D eigenvalue weighted by atomic mass is 16.5. The number of nitrogens with zero attached hydrogens (tertiary/aromatic N) is 3. The Hall–Kier alpha value is -1.47. The van der Waals surface area contributed by atoms with Crippen molar-refractivity contribution in [3.8, 4) is 0 Å². The third kappa shape index (κ3) is 6.64. The SMILES string of the molecule is COCCNC(=O)CNCCCn1ccnn1. The van der Waals surface area contributed by atoms with E-state index in [1.807, 2.05) is 6.20 Å². The number of aryl methyl sites for hydroxylation is 1. The predicted octanol–water partition coefficient (Wildman–Crippen LogP) is -0.980. The molecule has 17 heavy (non-hydrogen) atoms. The highest BCUT2D eigenvalue weighted by Crippen LogP contribution is 1.85. The van der Waals surface area contributed by atoms with Crippen molar-refractivity contribution in [2.75, 3.05) is 33.4 Å². The Labute approximate surface area is 101 Å². The Balaban J connectivity index is 1.91. The third-order valence-corrected chi connectivity index (χ3v) is 2.13. The Morgan fingerprint density at radius 1 is 1.47 bits per heavy atom. The van der Waals surface area contributed by atoms with Gasteiger partial charge in [0.25, 0.3) is 0 Å². The number of nitrogens with one attached hydrogen (secondary N) is 2. The standard InChI is InChI=1S/C10H19N5O2/c1-17-8-5-12-10(16)9-11-3-2-6-15-7-4-13-14-15/h4,7,11H,2-3,5-6,8-9H2,1H3,(H,12,16). The second-order valence-electron chi connectivity index (χ2n) is 3.54. The maximum atomic E-state index is 11.3. The average molecular weight is 241 g/mol. The molecular formula is C10H19N5O2. The minimum Gasteiger partial charge on any atom is -0.383 e. The third-order valence-electron chi connectivity index (χ3n) is 2.13. The molecule has 0 fully saturated rings. The zero-order valence-corrected chi connectivity index (χ0v) is 10.1. The molecule has 7 heteroatoms. The highest BCUT2D eigenvalue weighted by molar-refractivity contribution is 5.77. The maximum Gasteiger partial charge on any atom is 0.234 e. The molecule has 0 bridgehead atoms. The molecule has 0 radical (unpaired) electrons. The first kappa shape index (κ1) is 13.6. The first-order valence-electron chi connectivity index (χ1n) is 5.63. The molecule has 1 aromatic heterocycles. The summed E-state index contributed by atoms with van der Waals surface area (Å²) in [5, 5.41) is 13.3. The van der Waals surface area contributed by atoms with Crippen LogP contribution in [0.4, 0.5) is 0 Å². The van der Waals surface area contributed by atoms with Gasteiger partial charge in [-0.05, 0) is 13.0 Å². The van der Waals surface area contributed by atoms with Crippen molar-refractivity contribution in [1.29, 1.82) is 0 Å². The van der Waals surface area contributed by atoms with E-state index in [1.165, 1.54) is 0 Å². The maximum absolute atomic E-state index is 11.3. The molecule has 0 saturated carbocycles. The Morgan fingerprint density at radius 2 is 2.35 bits per heavy atom. The van der Waals surface area contributed by atoms with E-state index in [9.17, 15) is 4.79 Å². The van der Waals surface area contributed by atoms with Crippen molar-refractivity contribution < 1.29 is 9.53 Å². The molecular weight excluding hydrogens is 222 g/mol. The van der Waals surface area contributed by atoms with Gasteiger partial charge < -0.3 is 15.4 Å². The number of hydrogen-bond donors (Lipinski definition) is 2. The van der Waals surface area contributed by atoms with E-state index < -0.39 is 0 Å². The summed E-state index contributed by atoms with van der Waals surface area (Å²) < 4.78 is 6.59. The predicted molar refractivity (Wildman–Crippen MR) is 62.4 cm³/mol. The van der Waals surface area contributed by atoms with Gasteiger partial charge in [0.05, 0.1) is 19.3 Å². The molecule has 0 aliphatic rings. The molecule has 0 aromatic carbocycles. The van der Waals surface area contributed by atoms with Crippen LogP contribution in [0.5, 0.6) is 0 Å². The fourth-order valence-electron chi connectivity index (χ4n) is 1.27. The molecule has 0 aliphatic heterocycles. The van der Waals surface area contributed by atoms with Crippen molar-refractivity contribution in [2.45, 2.75) is 13.0 Å². The van der Waals surface area contributed by atoms with E-state index in [0.717, 1.165) is 19.5 Å². The van der Waals surface area contributed by atoms with Crippen LogP contribution in [0.1, 0.15) is 6.42 Å². The smallest absolute Gasteiger partial charge is 0.234 e. The van der Waals surface area contributed by atoms with Crippen LogP contribution in [-0.2, 0) is 16.1 Å². The van der Waals surface area contributed by atoms with Crippen LogP contribution in [0.3, 0.4) is 0 Å². The molecule has 1 rings (SSSR count). The van der Waals surface area contributed by atoms with Gasteiger partial charge in [-0.25, -0.2) is 0 Å². The van der Waals surface area contributed by atoms with Gasteiger partial charge in [0.2, 0.25) is 5.91 Å². The van der Waals surface area contributed by atoms with Crippen LogP contribution in [0, 0.1) is 0 Å². The van der Waals surface area contributed by atoms with Crippen molar-refractivity contribution in [1.82, 2.24) is 25.6 Å². The number of methoxy groups -OCH3 is 1. The average Bonchev–Trinajstić information content (AvgIpc) is 2.82. The lowest BCUT2D eigenvalue weighted by molar-refractivity contribution is -0.120. The van der Waals surface area contributed by atoms with E-state index in [4.69, 9.17) is 4.74 Å². The largest absolute Gasteiger partial charge is 0.383 e. The van der Waals surface area contributed by atoms with E-state index in [-0.39, 0.29) is 5.91 Å². The van der Waals surface area contributed by atoms with Gasteiger partial charge in [-0.15, -0.1) is 5.10 Å². The van der Waals surface area contributed by atoms with Crippen LogP contribution in [0.15, 0.2) is 12.4 Å². The van der Waals surface area contributed by atoms with Gasteiger partial charge in [-0.3, -0.25) is 9.48 Å². The quantitative estimate of drug-likeness (QED) is 0.543. The molecule has 1 amide bonds. The van der Waals surface area contributed by atoms with Gasteiger partial charge in [-0.1, -0.05) is 5.21 Å². The number of aromatic nitrogens is 3. The van der Waals surface area contributed by atoms with Crippen LogP contribution >= 0.6 is 0 Å². The number of carbonyl (C=O) groups excluding carboxylic acids is 1. The molecule has 1 heterocycles. The number of hydrogen-bond acceptors (Lipinski definition) is 5. The molecule has 0 atom stereocenters. The topological polar surface area (TPSA) is 81.1 Å². The zero-order chi connectivity index (χ0) is 12.3. The zero-order valence-electron chi connectivity index (χ0n) is 10.1. The number of ether oxygens (including phenoxy) is 1. The van der Waals surface area contributed by atoms with Crippen molar-refractivity contribution in [3.63, 3.8) is 0 Å². The lowest BCUT2D eigenvalue weighted by Crippen LogP contribution is -2.36. The molecule has 0 saturated heterocycles. The van der Waals surface area contributed by atoms with Crippen LogP contribution in [0.2, 0.25) is 0 Å². The van der Waals surface area contributed by atoms with Crippen molar-refractivity contribution in [2.24, 2.45) is 0 Å². The minimum absolute atomic E-state index is 0.0113. The molecule has 2 N–H and O–H groups in total. The van der Waals surface area contributed by atoms with Crippen LogP contribution in [0.25, 0.3) is 0 Å². The Bertz CT molecular complexity index is 302.